The van der Waals surface area contributed by atoms with Gasteiger partial charge in [-0.05, 0) is 12.5 Å². The van der Waals surface area contributed by atoms with Crippen molar-refractivity contribution in [2.45, 2.75) is 19.8 Å². The Hall–Kier alpha value is -2.01. The highest BCUT2D eigenvalue weighted by atomic mass is 16.2. The highest BCUT2D eigenvalue weighted by Crippen LogP contribution is 2.22. The molecular weight excluding hydrogens is 242 g/mol. The van der Waals surface area contributed by atoms with Gasteiger partial charge in [0, 0.05) is 12.5 Å². The number of amidine groups is 1. The van der Waals surface area contributed by atoms with Crippen LogP contribution in [-0.4, -0.2) is 24.2 Å². The molecule has 0 saturated carbocycles. The monoisotopic (exact) mass is 259 g/mol. The lowest BCUT2D eigenvalue weighted by Gasteiger charge is -2.23. The van der Waals surface area contributed by atoms with Gasteiger partial charge in [-0.2, -0.15) is 4.99 Å². The summed E-state index contributed by atoms with van der Waals surface area (Å²) in [5.41, 5.74) is 7.19. The van der Waals surface area contributed by atoms with Crippen LogP contribution in [0.2, 0.25) is 0 Å². The van der Waals surface area contributed by atoms with Crippen LogP contribution in [0.4, 0.5) is 0 Å². The van der Waals surface area contributed by atoms with Crippen molar-refractivity contribution in [1.82, 2.24) is 5.32 Å². The maximum atomic E-state index is 12.1. The van der Waals surface area contributed by atoms with Gasteiger partial charge in [0.1, 0.15) is 11.8 Å². The molecule has 2 unspecified atom stereocenters. The second-order valence-corrected chi connectivity index (χ2v) is 4.81. The number of benzene rings is 1. The van der Waals surface area contributed by atoms with Crippen LogP contribution >= 0.6 is 0 Å². The predicted octanol–water partition coefficient (Wildman–Crippen LogP) is 0.728. The number of hydrogen-bond donors (Lipinski definition) is 2. The first-order valence-electron chi connectivity index (χ1n) is 6.23. The van der Waals surface area contributed by atoms with Crippen LogP contribution in [-0.2, 0) is 9.59 Å². The number of rotatable bonds is 3. The van der Waals surface area contributed by atoms with E-state index in [1.807, 2.05) is 32.0 Å². The quantitative estimate of drug-likeness (QED) is 0.785. The van der Waals surface area contributed by atoms with Gasteiger partial charge in [-0.15, -0.1) is 0 Å². The normalized spacial score (nSPS) is 20.8. The van der Waals surface area contributed by atoms with Gasteiger partial charge in [0.05, 0.1) is 0 Å². The third-order valence-electron chi connectivity index (χ3n) is 3.19. The first-order chi connectivity index (χ1) is 9.02. The van der Waals surface area contributed by atoms with E-state index in [1.54, 1.807) is 6.07 Å². The van der Waals surface area contributed by atoms with Crippen LogP contribution < -0.4 is 11.1 Å². The number of carbonyl (C=O) groups is 2. The van der Waals surface area contributed by atoms with Crippen molar-refractivity contribution in [3.8, 4) is 0 Å². The molecule has 2 atom stereocenters. The summed E-state index contributed by atoms with van der Waals surface area (Å²) in [6.07, 6.45) is 0. The zero-order chi connectivity index (χ0) is 14.0. The van der Waals surface area contributed by atoms with E-state index in [0.29, 0.717) is 17.9 Å². The molecule has 0 fully saturated rings. The van der Waals surface area contributed by atoms with Crippen LogP contribution in [0.5, 0.6) is 0 Å². The summed E-state index contributed by atoms with van der Waals surface area (Å²) in [4.78, 5) is 28.1. The van der Waals surface area contributed by atoms with Crippen molar-refractivity contribution in [1.29, 1.82) is 0 Å². The lowest BCUT2D eigenvalue weighted by molar-refractivity contribution is -0.129. The minimum absolute atomic E-state index is 0.133. The molecule has 0 saturated heterocycles. The summed E-state index contributed by atoms with van der Waals surface area (Å²) in [6, 6.07) is 7.34. The summed E-state index contributed by atoms with van der Waals surface area (Å²) in [5, 5.41) is 2.68. The minimum atomic E-state index is -0.853. The Morgan fingerprint density at radius 2 is 2.16 bits per heavy atom. The molecule has 1 aromatic carbocycles. The summed E-state index contributed by atoms with van der Waals surface area (Å²) < 4.78 is 0. The van der Waals surface area contributed by atoms with Crippen LogP contribution in [0.25, 0.3) is 0 Å². The Kier molecular flexibility index (Phi) is 3.76. The van der Waals surface area contributed by atoms with Gasteiger partial charge in [0.25, 0.3) is 5.91 Å². The van der Waals surface area contributed by atoms with Crippen LogP contribution in [0.3, 0.4) is 0 Å². The fraction of sp³-hybridized carbons (Fsp3) is 0.357. The molecule has 0 bridgehead atoms. The average Bonchev–Trinajstić information content (AvgIpc) is 2.37. The maximum Gasteiger partial charge on any atom is 0.264 e. The number of aryl methyl sites for hydroxylation is 1. The molecule has 0 aromatic heterocycles. The summed E-state index contributed by atoms with van der Waals surface area (Å²) in [6.45, 7) is 4.07. The van der Waals surface area contributed by atoms with Crippen molar-refractivity contribution < 1.29 is 9.59 Å². The number of nitrogens with one attached hydrogen (secondary N) is 1. The molecule has 1 aromatic rings. The highest BCUT2D eigenvalue weighted by molar-refractivity contribution is 6.19. The first kappa shape index (κ1) is 13.4. The fourth-order valence-corrected chi connectivity index (χ4v) is 2.01. The molecule has 2 amide bonds. The first-order valence-corrected chi connectivity index (χ1v) is 6.23. The van der Waals surface area contributed by atoms with E-state index in [0.717, 1.165) is 5.56 Å². The summed E-state index contributed by atoms with van der Waals surface area (Å²) >= 11 is 0. The molecule has 2 rings (SSSR count). The number of amides is 2. The van der Waals surface area contributed by atoms with Gasteiger partial charge in [0.15, 0.2) is 0 Å². The Morgan fingerprint density at radius 1 is 1.42 bits per heavy atom. The average molecular weight is 259 g/mol. The molecule has 3 N–H and O–H groups in total. The van der Waals surface area contributed by atoms with Crippen molar-refractivity contribution in [3.63, 3.8) is 0 Å². The molecule has 19 heavy (non-hydrogen) atoms. The fourth-order valence-electron chi connectivity index (χ4n) is 2.01. The van der Waals surface area contributed by atoms with Crippen molar-refractivity contribution in [3.05, 3.63) is 35.4 Å². The summed E-state index contributed by atoms with van der Waals surface area (Å²) in [5.74, 6) is -1.38. The zero-order valence-electron chi connectivity index (χ0n) is 11.0. The molecule has 1 heterocycles. The molecule has 0 aliphatic carbocycles. The SMILES string of the molecule is Cc1cccc(C2C(=O)N=C(C(C)CN)NC2=O)c1. The maximum absolute atomic E-state index is 12.1. The number of nitrogens with two attached hydrogens (primary N) is 1. The van der Waals surface area contributed by atoms with Crippen molar-refractivity contribution in [2.24, 2.45) is 16.6 Å². The molecule has 0 radical (unpaired) electrons. The lowest BCUT2D eigenvalue weighted by atomic mass is 9.94. The Bertz CT molecular complexity index is 551. The van der Waals surface area contributed by atoms with E-state index < -0.39 is 11.8 Å². The Balaban J connectivity index is 2.33. The van der Waals surface area contributed by atoms with E-state index in [-0.39, 0.29) is 11.8 Å². The predicted molar refractivity (Wildman–Crippen MR) is 72.7 cm³/mol. The topological polar surface area (TPSA) is 84.6 Å². The minimum Gasteiger partial charge on any atom is -0.330 e. The standard InChI is InChI=1S/C14H17N3O2/c1-8-4-3-5-10(6-8)11-13(18)16-12(9(2)7-15)17-14(11)19/h3-6,9,11H,7,15H2,1-2H3,(H,16,17,18,19). The number of aliphatic imine (C=N–C) groups is 1. The number of carbonyl (C=O) groups excluding carboxylic acids is 2. The number of nitrogens with zero attached hydrogens (tertiary/aromatic N) is 1. The van der Waals surface area contributed by atoms with Crippen molar-refractivity contribution >= 4 is 17.6 Å². The second-order valence-electron chi connectivity index (χ2n) is 4.81. The largest absolute Gasteiger partial charge is 0.330 e. The van der Waals surface area contributed by atoms with Gasteiger partial charge in [-0.3, -0.25) is 9.59 Å². The molecule has 0 spiro atoms. The Morgan fingerprint density at radius 3 is 2.74 bits per heavy atom. The molecule has 5 nitrogen and oxygen atoms in total. The third-order valence-corrected chi connectivity index (χ3v) is 3.19. The van der Waals surface area contributed by atoms with E-state index in [2.05, 4.69) is 10.3 Å². The highest BCUT2D eigenvalue weighted by Gasteiger charge is 2.34. The van der Waals surface area contributed by atoms with Crippen molar-refractivity contribution in [2.75, 3.05) is 6.54 Å². The summed E-state index contributed by atoms with van der Waals surface area (Å²) in [7, 11) is 0. The lowest BCUT2D eigenvalue weighted by Crippen LogP contribution is -2.46. The number of hydrogen-bond acceptors (Lipinski definition) is 3. The van der Waals surface area contributed by atoms with E-state index in [1.165, 1.54) is 0 Å². The van der Waals surface area contributed by atoms with Gasteiger partial charge in [-0.25, -0.2) is 0 Å². The second kappa shape index (κ2) is 5.32. The van der Waals surface area contributed by atoms with Gasteiger partial charge in [0.2, 0.25) is 5.91 Å². The smallest absolute Gasteiger partial charge is 0.264 e. The van der Waals surface area contributed by atoms with E-state index in [4.69, 9.17) is 5.73 Å². The van der Waals surface area contributed by atoms with Crippen LogP contribution in [0, 0.1) is 12.8 Å². The van der Waals surface area contributed by atoms with Gasteiger partial charge < -0.3 is 11.1 Å². The molecule has 1 aliphatic rings. The Labute approximate surface area is 111 Å². The molecule has 1 aliphatic heterocycles. The molecule has 5 heteroatoms. The van der Waals surface area contributed by atoms with Gasteiger partial charge in [-0.1, -0.05) is 36.8 Å². The van der Waals surface area contributed by atoms with Gasteiger partial charge >= 0.3 is 0 Å². The molecular formula is C14H17N3O2. The van der Waals surface area contributed by atoms with E-state index in [9.17, 15) is 9.59 Å². The third kappa shape index (κ3) is 2.71. The van der Waals surface area contributed by atoms with Crippen LogP contribution in [0.15, 0.2) is 29.3 Å². The van der Waals surface area contributed by atoms with Crippen LogP contribution in [0.1, 0.15) is 24.0 Å². The molecule has 100 valence electrons. The van der Waals surface area contributed by atoms with E-state index >= 15 is 0 Å². The zero-order valence-corrected chi connectivity index (χ0v) is 11.0.